The molecule has 5 rings (SSSR count). The number of nitrogens with zero attached hydrogens (tertiary/aromatic N) is 4. The number of anilines is 1. The van der Waals surface area contributed by atoms with Crippen LogP contribution < -0.4 is 15.7 Å². The van der Waals surface area contributed by atoms with Crippen LogP contribution >= 0.6 is 0 Å². The maximum absolute atomic E-state index is 12.2. The van der Waals surface area contributed by atoms with Gasteiger partial charge in [0.1, 0.15) is 17.9 Å². The molecule has 1 saturated heterocycles. The minimum atomic E-state index is -0.110. The molecule has 8 heteroatoms. The SMILES string of the molecule is CCn1c(=O)[nH]c2cc3c(NCc4ccccc4OCCCN4CCCCC4)ncnc3cc21. The molecular weight excluding hydrogens is 428 g/mol. The van der Waals surface area contributed by atoms with E-state index in [2.05, 4.69) is 31.2 Å². The summed E-state index contributed by atoms with van der Waals surface area (Å²) in [5.74, 6) is 1.63. The molecule has 1 aliphatic heterocycles. The molecule has 0 atom stereocenters. The zero-order chi connectivity index (χ0) is 23.3. The third kappa shape index (κ3) is 4.77. The summed E-state index contributed by atoms with van der Waals surface area (Å²) in [5, 5.41) is 4.32. The number of aromatic nitrogens is 4. The molecule has 2 N–H and O–H groups in total. The number of hydrogen-bond donors (Lipinski definition) is 2. The zero-order valence-corrected chi connectivity index (χ0v) is 19.7. The maximum Gasteiger partial charge on any atom is 0.326 e. The van der Waals surface area contributed by atoms with Crippen LogP contribution in [0.2, 0.25) is 0 Å². The number of aromatic amines is 1. The monoisotopic (exact) mass is 460 g/mol. The summed E-state index contributed by atoms with van der Waals surface area (Å²) in [6, 6.07) is 12.0. The van der Waals surface area contributed by atoms with Crippen molar-refractivity contribution in [3.05, 3.63) is 58.8 Å². The van der Waals surface area contributed by atoms with Crippen molar-refractivity contribution in [2.45, 2.75) is 45.7 Å². The van der Waals surface area contributed by atoms with Gasteiger partial charge in [0.05, 0.1) is 23.2 Å². The Morgan fingerprint density at radius 2 is 1.97 bits per heavy atom. The number of rotatable bonds is 9. The van der Waals surface area contributed by atoms with E-state index in [9.17, 15) is 4.79 Å². The van der Waals surface area contributed by atoms with Gasteiger partial charge in [-0.3, -0.25) is 4.57 Å². The molecule has 2 aromatic heterocycles. The van der Waals surface area contributed by atoms with Crippen molar-refractivity contribution >= 4 is 27.8 Å². The van der Waals surface area contributed by atoms with Gasteiger partial charge in [-0.25, -0.2) is 14.8 Å². The number of ether oxygens (including phenoxy) is 1. The van der Waals surface area contributed by atoms with Crippen molar-refractivity contribution in [2.24, 2.45) is 0 Å². The van der Waals surface area contributed by atoms with Crippen molar-refractivity contribution in [2.75, 3.05) is 31.6 Å². The minimum Gasteiger partial charge on any atom is -0.493 e. The number of nitrogens with one attached hydrogen (secondary N) is 2. The van der Waals surface area contributed by atoms with Gasteiger partial charge in [0.25, 0.3) is 0 Å². The lowest BCUT2D eigenvalue weighted by Gasteiger charge is -2.26. The van der Waals surface area contributed by atoms with Crippen molar-refractivity contribution in [1.29, 1.82) is 0 Å². The summed E-state index contributed by atoms with van der Waals surface area (Å²) in [6.07, 6.45) is 6.59. The molecule has 0 unspecified atom stereocenters. The smallest absolute Gasteiger partial charge is 0.326 e. The summed E-state index contributed by atoms with van der Waals surface area (Å²) >= 11 is 0. The first-order chi connectivity index (χ1) is 16.7. The summed E-state index contributed by atoms with van der Waals surface area (Å²) < 4.78 is 7.86. The van der Waals surface area contributed by atoms with Gasteiger partial charge in [0, 0.05) is 30.6 Å². The molecule has 34 heavy (non-hydrogen) atoms. The lowest BCUT2D eigenvalue weighted by molar-refractivity contribution is 0.204. The van der Waals surface area contributed by atoms with E-state index in [1.54, 1.807) is 10.9 Å². The van der Waals surface area contributed by atoms with Crippen LogP contribution in [0.25, 0.3) is 21.9 Å². The Hall–Kier alpha value is -3.39. The second-order valence-corrected chi connectivity index (χ2v) is 8.85. The van der Waals surface area contributed by atoms with Gasteiger partial charge in [-0.1, -0.05) is 24.6 Å². The van der Waals surface area contributed by atoms with Crippen molar-refractivity contribution < 1.29 is 4.74 Å². The fraction of sp³-hybridized carbons (Fsp3) is 0.423. The summed E-state index contributed by atoms with van der Waals surface area (Å²) in [6.45, 7) is 7.40. The Balaban J connectivity index is 1.28. The van der Waals surface area contributed by atoms with E-state index in [1.807, 2.05) is 37.3 Å². The number of para-hydroxylation sites is 1. The Morgan fingerprint density at radius 1 is 1.12 bits per heavy atom. The molecule has 4 aromatic rings. The second kappa shape index (κ2) is 10.3. The quantitative estimate of drug-likeness (QED) is 0.365. The van der Waals surface area contributed by atoms with E-state index in [1.165, 1.54) is 32.4 Å². The highest BCUT2D eigenvalue weighted by molar-refractivity contribution is 5.98. The first-order valence-corrected chi connectivity index (χ1v) is 12.3. The van der Waals surface area contributed by atoms with Crippen molar-refractivity contribution in [3.8, 4) is 5.75 Å². The molecule has 1 aliphatic rings. The molecule has 1 fully saturated rings. The number of imidazole rings is 1. The van der Waals surface area contributed by atoms with E-state index in [4.69, 9.17) is 4.74 Å². The van der Waals surface area contributed by atoms with Gasteiger partial charge in [-0.15, -0.1) is 0 Å². The molecule has 0 amide bonds. The molecule has 0 saturated carbocycles. The number of piperidine rings is 1. The number of benzene rings is 2. The van der Waals surface area contributed by atoms with Crippen molar-refractivity contribution in [3.63, 3.8) is 0 Å². The predicted molar refractivity (Wildman–Crippen MR) is 136 cm³/mol. The normalized spacial score (nSPS) is 14.6. The van der Waals surface area contributed by atoms with E-state index >= 15 is 0 Å². The van der Waals surface area contributed by atoms with Crippen LogP contribution in [0.5, 0.6) is 5.75 Å². The third-order valence-electron chi connectivity index (χ3n) is 6.59. The molecule has 0 radical (unpaired) electrons. The molecular formula is C26H32N6O2. The molecule has 8 nitrogen and oxygen atoms in total. The van der Waals surface area contributed by atoms with Gasteiger partial charge >= 0.3 is 5.69 Å². The zero-order valence-electron chi connectivity index (χ0n) is 19.7. The Kier molecular flexibility index (Phi) is 6.76. The standard InChI is InChI=1S/C26H32N6O2/c1-2-32-23-16-21-20(15-22(23)30-26(32)33)25(29-18-28-21)27-17-19-9-4-5-10-24(19)34-14-8-13-31-11-6-3-7-12-31/h4-5,9-10,15-16,18H,2-3,6-8,11-14,17H2,1H3,(H,30,33)(H,27,28,29). The van der Waals surface area contributed by atoms with E-state index < -0.39 is 0 Å². The predicted octanol–water partition coefficient (Wildman–Crippen LogP) is 4.16. The first-order valence-electron chi connectivity index (χ1n) is 12.3. The van der Waals surface area contributed by atoms with Crippen LogP contribution in [0.15, 0.2) is 47.5 Å². The van der Waals surface area contributed by atoms with E-state index in [-0.39, 0.29) is 5.69 Å². The molecule has 3 heterocycles. The van der Waals surface area contributed by atoms with Crippen LogP contribution in [0, 0.1) is 0 Å². The number of hydrogen-bond acceptors (Lipinski definition) is 6. The van der Waals surface area contributed by atoms with Crippen LogP contribution in [0.4, 0.5) is 5.82 Å². The van der Waals surface area contributed by atoms with Crippen LogP contribution in [0.3, 0.4) is 0 Å². The fourth-order valence-electron chi connectivity index (χ4n) is 4.79. The summed E-state index contributed by atoms with van der Waals surface area (Å²) in [7, 11) is 0. The number of likely N-dealkylation sites (tertiary alicyclic amines) is 1. The number of fused-ring (bicyclic) bond motifs is 2. The van der Waals surface area contributed by atoms with Crippen molar-refractivity contribution in [1.82, 2.24) is 24.4 Å². The maximum atomic E-state index is 12.2. The Labute approximate surface area is 199 Å². The number of aryl methyl sites for hydroxylation is 1. The Morgan fingerprint density at radius 3 is 2.82 bits per heavy atom. The topological polar surface area (TPSA) is 88.1 Å². The van der Waals surface area contributed by atoms with Gasteiger partial charge in [0.2, 0.25) is 0 Å². The lowest BCUT2D eigenvalue weighted by Crippen LogP contribution is -2.31. The van der Waals surface area contributed by atoms with Gasteiger partial charge in [-0.2, -0.15) is 0 Å². The summed E-state index contributed by atoms with van der Waals surface area (Å²) in [5.41, 5.74) is 3.41. The third-order valence-corrected chi connectivity index (χ3v) is 6.59. The average molecular weight is 461 g/mol. The van der Waals surface area contributed by atoms with Gasteiger partial charge < -0.3 is 19.9 Å². The van der Waals surface area contributed by atoms with Crippen LogP contribution in [-0.4, -0.2) is 50.7 Å². The average Bonchev–Trinajstić information content (AvgIpc) is 3.18. The molecule has 2 aromatic carbocycles. The molecule has 0 bridgehead atoms. The lowest BCUT2D eigenvalue weighted by atomic mass is 10.1. The summed E-state index contributed by atoms with van der Waals surface area (Å²) in [4.78, 5) is 26.6. The molecule has 178 valence electrons. The van der Waals surface area contributed by atoms with E-state index in [0.717, 1.165) is 52.0 Å². The highest BCUT2D eigenvalue weighted by Crippen LogP contribution is 2.26. The Bertz CT molecular complexity index is 1320. The molecule has 0 spiro atoms. The highest BCUT2D eigenvalue weighted by atomic mass is 16.5. The van der Waals surface area contributed by atoms with E-state index in [0.29, 0.717) is 19.7 Å². The first kappa shape index (κ1) is 22.4. The van der Waals surface area contributed by atoms with Gasteiger partial charge in [-0.05, 0) is 57.5 Å². The second-order valence-electron chi connectivity index (χ2n) is 8.85. The molecule has 0 aliphatic carbocycles. The highest BCUT2D eigenvalue weighted by Gasteiger charge is 2.12. The van der Waals surface area contributed by atoms with Gasteiger partial charge in [0.15, 0.2) is 0 Å². The number of H-pyrrole nitrogens is 1. The van der Waals surface area contributed by atoms with Crippen LogP contribution in [0.1, 0.15) is 38.2 Å². The largest absolute Gasteiger partial charge is 0.493 e. The minimum absolute atomic E-state index is 0.110. The van der Waals surface area contributed by atoms with Crippen LogP contribution in [-0.2, 0) is 13.1 Å². The fourth-order valence-corrected chi connectivity index (χ4v) is 4.79.